The Bertz CT molecular complexity index is 542. The summed E-state index contributed by atoms with van der Waals surface area (Å²) in [5, 5.41) is 2.89. The largest absolute Gasteiger partial charge is 0.497 e. The fourth-order valence-corrected chi connectivity index (χ4v) is 1.86. The standard InChI is InChI=1S/C14H18N2O3/c1-9-13(16-14(15-2)19-9)7-10-5-11(17-3)8-12(6-10)18-4/h5-6,8H,7H2,1-4H3,(H,15,16). The molecule has 0 amide bonds. The molecule has 2 rings (SSSR count). The first-order valence-electron chi connectivity index (χ1n) is 6.02. The van der Waals surface area contributed by atoms with Crippen LogP contribution in [0.15, 0.2) is 22.6 Å². The first-order chi connectivity index (χ1) is 9.16. The van der Waals surface area contributed by atoms with Crippen molar-refractivity contribution in [2.24, 2.45) is 0 Å². The minimum Gasteiger partial charge on any atom is -0.497 e. The van der Waals surface area contributed by atoms with Gasteiger partial charge >= 0.3 is 0 Å². The van der Waals surface area contributed by atoms with Crippen molar-refractivity contribution in [3.05, 3.63) is 35.2 Å². The summed E-state index contributed by atoms with van der Waals surface area (Å²) in [6.07, 6.45) is 0.671. The number of hydrogen-bond acceptors (Lipinski definition) is 5. The first kappa shape index (κ1) is 13.3. The Kier molecular flexibility index (Phi) is 3.94. The van der Waals surface area contributed by atoms with Gasteiger partial charge in [-0.2, -0.15) is 4.98 Å². The molecule has 102 valence electrons. The quantitative estimate of drug-likeness (QED) is 0.897. The van der Waals surface area contributed by atoms with E-state index < -0.39 is 0 Å². The maximum atomic E-state index is 5.46. The lowest BCUT2D eigenvalue weighted by Crippen LogP contribution is -1.95. The Balaban J connectivity index is 2.28. The third kappa shape index (κ3) is 2.99. The van der Waals surface area contributed by atoms with Gasteiger partial charge in [0, 0.05) is 19.5 Å². The maximum absolute atomic E-state index is 5.46. The molecular formula is C14H18N2O3. The monoisotopic (exact) mass is 262 g/mol. The second-order valence-electron chi connectivity index (χ2n) is 4.17. The van der Waals surface area contributed by atoms with Gasteiger partial charge in [-0.05, 0) is 24.6 Å². The summed E-state index contributed by atoms with van der Waals surface area (Å²) < 4.78 is 16.0. The number of aromatic nitrogens is 1. The van der Waals surface area contributed by atoms with E-state index in [9.17, 15) is 0 Å². The number of methoxy groups -OCH3 is 2. The highest BCUT2D eigenvalue weighted by Gasteiger charge is 2.10. The zero-order valence-corrected chi connectivity index (χ0v) is 11.6. The third-order valence-electron chi connectivity index (χ3n) is 2.89. The van der Waals surface area contributed by atoms with E-state index in [1.165, 1.54) is 0 Å². The van der Waals surface area contributed by atoms with Crippen LogP contribution in [0.2, 0.25) is 0 Å². The molecule has 0 aliphatic heterocycles. The van der Waals surface area contributed by atoms with Gasteiger partial charge in [-0.25, -0.2) is 0 Å². The molecule has 0 aliphatic carbocycles. The van der Waals surface area contributed by atoms with Crippen molar-refractivity contribution in [2.45, 2.75) is 13.3 Å². The molecule has 1 N–H and O–H groups in total. The molecule has 19 heavy (non-hydrogen) atoms. The Morgan fingerprint density at radius 1 is 1.16 bits per heavy atom. The molecule has 2 aromatic rings. The molecule has 5 heteroatoms. The molecular weight excluding hydrogens is 244 g/mol. The minimum absolute atomic E-state index is 0.530. The van der Waals surface area contributed by atoms with Gasteiger partial charge in [0.05, 0.1) is 19.9 Å². The van der Waals surface area contributed by atoms with Crippen LogP contribution in [0.4, 0.5) is 6.01 Å². The summed E-state index contributed by atoms with van der Waals surface area (Å²) in [6, 6.07) is 6.31. The SMILES string of the molecule is CNc1nc(Cc2cc(OC)cc(OC)c2)c(C)o1. The van der Waals surface area contributed by atoms with Crippen molar-refractivity contribution >= 4 is 6.01 Å². The van der Waals surface area contributed by atoms with Crippen molar-refractivity contribution in [1.82, 2.24) is 4.98 Å². The fraction of sp³-hybridized carbons (Fsp3) is 0.357. The molecule has 0 spiro atoms. The van der Waals surface area contributed by atoms with Gasteiger partial charge in [0.2, 0.25) is 0 Å². The number of benzene rings is 1. The third-order valence-corrected chi connectivity index (χ3v) is 2.89. The van der Waals surface area contributed by atoms with Crippen LogP contribution in [0.3, 0.4) is 0 Å². The Morgan fingerprint density at radius 3 is 2.26 bits per heavy atom. The van der Waals surface area contributed by atoms with E-state index in [4.69, 9.17) is 13.9 Å². The van der Waals surface area contributed by atoms with Gasteiger partial charge in [-0.3, -0.25) is 0 Å². The highest BCUT2D eigenvalue weighted by atomic mass is 16.5. The van der Waals surface area contributed by atoms with Gasteiger partial charge in [-0.15, -0.1) is 0 Å². The average molecular weight is 262 g/mol. The van der Waals surface area contributed by atoms with E-state index >= 15 is 0 Å². The van der Waals surface area contributed by atoms with Crippen molar-refractivity contribution in [1.29, 1.82) is 0 Å². The first-order valence-corrected chi connectivity index (χ1v) is 6.02. The average Bonchev–Trinajstić information content (AvgIpc) is 2.79. The van der Waals surface area contributed by atoms with Crippen molar-refractivity contribution < 1.29 is 13.9 Å². The molecule has 1 heterocycles. The van der Waals surface area contributed by atoms with Gasteiger partial charge in [0.25, 0.3) is 6.01 Å². The lowest BCUT2D eigenvalue weighted by atomic mass is 10.1. The smallest absolute Gasteiger partial charge is 0.294 e. The molecule has 0 aliphatic rings. The number of oxazole rings is 1. The number of aryl methyl sites for hydroxylation is 1. The maximum Gasteiger partial charge on any atom is 0.294 e. The molecule has 5 nitrogen and oxygen atoms in total. The summed E-state index contributed by atoms with van der Waals surface area (Å²) in [5.41, 5.74) is 1.97. The number of hydrogen-bond donors (Lipinski definition) is 1. The van der Waals surface area contributed by atoms with E-state index in [2.05, 4.69) is 10.3 Å². The minimum atomic E-state index is 0.530. The normalized spacial score (nSPS) is 10.3. The highest BCUT2D eigenvalue weighted by molar-refractivity contribution is 5.40. The van der Waals surface area contributed by atoms with E-state index in [1.807, 2.05) is 25.1 Å². The summed E-state index contributed by atoms with van der Waals surface area (Å²) in [5.74, 6) is 2.35. The van der Waals surface area contributed by atoms with Gasteiger partial charge in [0.1, 0.15) is 17.3 Å². The highest BCUT2D eigenvalue weighted by Crippen LogP contribution is 2.25. The lowest BCUT2D eigenvalue weighted by Gasteiger charge is -2.07. The molecule has 0 fully saturated rings. The number of nitrogens with one attached hydrogen (secondary N) is 1. The zero-order valence-electron chi connectivity index (χ0n) is 11.6. The van der Waals surface area contributed by atoms with Gasteiger partial charge < -0.3 is 19.2 Å². The van der Waals surface area contributed by atoms with Crippen LogP contribution >= 0.6 is 0 Å². The molecule has 1 aromatic carbocycles. The van der Waals surface area contributed by atoms with Crippen LogP contribution in [0.1, 0.15) is 17.0 Å². The molecule has 0 unspecified atom stereocenters. The van der Waals surface area contributed by atoms with Crippen LogP contribution < -0.4 is 14.8 Å². The second kappa shape index (κ2) is 5.65. The Labute approximate surface area is 112 Å². The topological polar surface area (TPSA) is 56.5 Å². The van der Waals surface area contributed by atoms with Crippen LogP contribution in [-0.2, 0) is 6.42 Å². The summed E-state index contributed by atoms with van der Waals surface area (Å²) >= 11 is 0. The predicted molar refractivity (Wildman–Crippen MR) is 73.1 cm³/mol. The second-order valence-corrected chi connectivity index (χ2v) is 4.17. The molecule has 0 atom stereocenters. The van der Waals surface area contributed by atoms with Gasteiger partial charge in [-0.1, -0.05) is 0 Å². The van der Waals surface area contributed by atoms with Crippen LogP contribution in [0, 0.1) is 6.92 Å². The van der Waals surface area contributed by atoms with E-state index in [0.29, 0.717) is 12.4 Å². The predicted octanol–water partition coefficient (Wildman–Crippen LogP) is 2.63. The number of rotatable bonds is 5. The Hall–Kier alpha value is -2.17. The summed E-state index contributed by atoms with van der Waals surface area (Å²) in [4.78, 5) is 4.38. The molecule has 0 radical (unpaired) electrons. The van der Waals surface area contributed by atoms with Crippen LogP contribution in [0.5, 0.6) is 11.5 Å². The Morgan fingerprint density at radius 2 is 1.79 bits per heavy atom. The van der Waals surface area contributed by atoms with E-state index in [1.54, 1.807) is 21.3 Å². The summed E-state index contributed by atoms with van der Waals surface area (Å²) in [6.45, 7) is 1.90. The number of ether oxygens (including phenoxy) is 2. The van der Waals surface area contributed by atoms with E-state index in [-0.39, 0.29) is 0 Å². The zero-order chi connectivity index (χ0) is 13.8. The molecule has 0 bridgehead atoms. The van der Waals surface area contributed by atoms with Crippen molar-refractivity contribution in [2.75, 3.05) is 26.6 Å². The number of nitrogens with zero attached hydrogens (tertiary/aromatic N) is 1. The van der Waals surface area contributed by atoms with Crippen molar-refractivity contribution in [3.8, 4) is 11.5 Å². The molecule has 0 saturated heterocycles. The molecule has 1 aromatic heterocycles. The number of anilines is 1. The van der Waals surface area contributed by atoms with Crippen LogP contribution in [-0.4, -0.2) is 26.3 Å². The van der Waals surface area contributed by atoms with E-state index in [0.717, 1.165) is 28.5 Å². The van der Waals surface area contributed by atoms with Crippen LogP contribution in [0.25, 0.3) is 0 Å². The lowest BCUT2D eigenvalue weighted by molar-refractivity contribution is 0.393. The van der Waals surface area contributed by atoms with Gasteiger partial charge in [0.15, 0.2) is 0 Å². The van der Waals surface area contributed by atoms with Crippen molar-refractivity contribution in [3.63, 3.8) is 0 Å². The molecule has 0 saturated carbocycles. The summed E-state index contributed by atoms with van der Waals surface area (Å²) in [7, 11) is 5.06. The fourth-order valence-electron chi connectivity index (χ4n) is 1.86.